The number of likely N-dealkylation sites (N-methyl/N-ethyl adjacent to an activating group) is 1. The number of nitrogens with one attached hydrogen (secondary N) is 1. The number of nitrogens with zero attached hydrogens (tertiary/aromatic N) is 2. The van der Waals surface area contributed by atoms with Gasteiger partial charge in [0.15, 0.2) is 6.61 Å². The zero-order chi connectivity index (χ0) is 19.2. The van der Waals surface area contributed by atoms with Crippen molar-refractivity contribution in [3.05, 3.63) is 70.3 Å². The predicted octanol–water partition coefficient (Wildman–Crippen LogP) is 2.91. The van der Waals surface area contributed by atoms with Crippen LogP contribution in [-0.4, -0.2) is 33.9 Å². The van der Waals surface area contributed by atoms with E-state index in [0.717, 1.165) is 6.42 Å². The average molecular weight is 365 g/mol. The fourth-order valence-corrected chi connectivity index (χ4v) is 2.82. The Morgan fingerprint density at radius 1 is 1.11 bits per heavy atom. The van der Waals surface area contributed by atoms with Gasteiger partial charge >= 0.3 is 0 Å². The Morgan fingerprint density at radius 2 is 1.85 bits per heavy atom. The summed E-state index contributed by atoms with van der Waals surface area (Å²) in [6.45, 7) is 4.63. The predicted molar refractivity (Wildman–Crippen MR) is 105 cm³/mol. The maximum Gasteiger partial charge on any atom is 0.260 e. The van der Waals surface area contributed by atoms with Crippen LogP contribution < -0.4 is 10.3 Å². The molecule has 3 rings (SSSR count). The van der Waals surface area contributed by atoms with Gasteiger partial charge in [-0.1, -0.05) is 31.2 Å². The van der Waals surface area contributed by atoms with E-state index in [1.54, 1.807) is 23.1 Å². The molecule has 0 radical (unpaired) electrons. The van der Waals surface area contributed by atoms with Crippen LogP contribution in [0.3, 0.4) is 0 Å². The van der Waals surface area contributed by atoms with Gasteiger partial charge in [-0.05, 0) is 43.2 Å². The third-order valence-electron chi connectivity index (χ3n) is 4.43. The fraction of sp³-hybridized carbons (Fsp3) is 0.286. The monoisotopic (exact) mass is 365 g/mol. The number of aryl methyl sites for hydroxylation is 1. The lowest BCUT2D eigenvalue weighted by atomic mass is 10.2. The first-order valence-electron chi connectivity index (χ1n) is 9.08. The molecule has 0 fully saturated rings. The summed E-state index contributed by atoms with van der Waals surface area (Å²) >= 11 is 0. The van der Waals surface area contributed by atoms with E-state index in [-0.39, 0.29) is 24.6 Å². The van der Waals surface area contributed by atoms with E-state index in [1.807, 2.05) is 37.3 Å². The van der Waals surface area contributed by atoms with E-state index < -0.39 is 0 Å². The van der Waals surface area contributed by atoms with Gasteiger partial charge in [0.1, 0.15) is 11.6 Å². The van der Waals surface area contributed by atoms with Crippen LogP contribution in [0.25, 0.3) is 10.9 Å². The van der Waals surface area contributed by atoms with Gasteiger partial charge in [0.05, 0.1) is 17.4 Å². The molecule has 1 heterocycles. The lowest BCUT2D eigenvalue weighted by Crippen LogP contribution is -2.35. The van der Waals surface area contributed by atoms with Gasteiger partial charge in [-0.3, -0.25) is 9.59 Å². The quantitative estimate of drug-likeness (QED) is 0.698. The summed E-state index contributed by atoms with van der Waals surface area (Å²) in [4.78, 5) is 33.5. The molecule has 0 unspecified atom stereocenters. The van der Waals surface area contributed by atoms with Gasteiger partial charge in [-0.25, -0.2) is 4.98 Å². The molecule has 27 heavy (non-hydrogen) atoms. The summed E-state index contributed by atoms with van der Waals surface area (Å²) in [5.41, 5.74) is 1.63. The van der Waals surface area contributed by atoms with Crippen molar-refractivity contribution < 1.29 is 9.53 Å². The van der Waals surface area contributed by atoms with Crippen molar-refractivity contribution in [2.75, 3.05) is 13.2 Å². The zero-order valence-electron chi connectivity index (χ0n) is 15.6. The Bertz CT molecular complexity index is 980. The average Bonchev–Trinajstić information content (AvgIpc) is 2.70. The number of H-pyrrole nitrogens is 1. The first-order valence-corrected chi connectivity index (χ1v) is 9.08. The molecule has 6 nitrogen and oxygen atoms in total. The van der Waals surface area contributed by atoms with Crippen LogP contribution in [0.1, 0.15) is 25.2 Å². The molecule has 0 aliphatic rings. The molecule has 3 aromatic rings. The molecule has 1 N–H and O–H groups in total. The summed E-state index contributed by atoms with van der Waals surface area (Å²) in [5.74, 6) is 0.961. The summed E-state index contributed by atoms with van der Waals surface area (Å²) in [7, 11) is 0. The minimum atomic E-state index is -0.202. The largest absolute Gasteiger partial charge is 0.484 e. The maximum atomic E-state index is 12.5. The first-order chi connectivity index (χ1) is 13.1. The van der Waals surface area contributed by atoms with Gasteiger partial charge < -0.3 is 14.6 Å². The molecule has 1 aromatic heterocycles. The zero-order valence-corrected chi connectivity index (χ0v) is 15.6. The highest BCUT2D eigenvalue weighted by Gasteiger charge is 2.15. The highest BCUT2D eigenvalue weighted by atomic mass is 16.5. The van der Waals surface area contributed by atoms with E-state index in [2.05, 4.69) is 16.9 Å². The molecule has 1 amide bonds. The van der Waals surface area contributed by atoms with E-state index in [1.165, 1.54) is 5.56 Å². The van der Waals surface area contributed by atoms with Crippen molar-refractivity contribution in [1.29, 1.82) is 0 Å². The minimum absolute atomic E-state index is 0.0584. The molecular weight excluding hydrogens is 342 g/mol. The lowest BCUT2D eigenvalue weighted by molar-refractivity contribution is -0.133. The number of aromatic nitrogens is 2. The van der Waals surface area contributed by atoms with Crippen molar-refractivity contribution in [2.45, 2.75) is 26.8 Å². The number of rotatable bonds is 7. The Labute approximate surface area is 157 Å². The number of fused-ring (bicyclic) bond motifs is 1. The van der Waals surface area contributed by atoms with E-state index in [9.17, 15) is 9.59 Å². The van der Waals surface area contributed by atoms with Gasteiger partial charge in [-0.15, -0.1) is 0 Å². The van der Waals surface area contributed by atoms with Crippen molar-refractivity contribution >= 4 is 16.8 Å². The van der Waals surface area contributed by atoms with Gasteiger partial charge in [-0.2, -0.15) is 0 Å². The molecule has 2 aromatic carbocycles. The lowest BCUT2D eigenvalue weighted by Gasteiger charge is -2.20. The molecule has 0 aliphatic heterocycles. The van der Waals surface area contributed by atoms with Crippen LogP contribution in [0.5, 0.6) is 5.75 Å². The van der Waals surface area contributed by atoms with Crippen molar-refractivity contribution in [1.82, 2.24) is 14.9 Å². The Morgan fingerprint density at radius 3 is 2.56 bits per heavy atom. The number of aromatic amines is 1. The molecular formula is C21H23N3O3. The SMILES string of the molecule is CCc1ccc(OCC(=O)N(CC)Cc2nc3ccccc3c(=O)[nH]2)cc1. The third-order valence-corrected chi connectivity index (χ3v) is 4.43. The van der Waals surface area contributed by atoms with Crippen LogP contribution in [0.15, 0.2) is 53.3 Å². The van der Waals surface area contributed by atoms with Crippen molar-refractivity contribution in [3.8, 4) is 5.75 Å². The topological polar surface area (TPSA) is 75.3 Å². The minimum Gasteiger partial charge on any atom is -0.484 e. The van der Waals surface area contributed by atoms with Gasteiger partial charge in [0, 0.05) is 6.54 Å². The molecule has 0 spiro atoms. The first kappa shape index (κ1) is 18.6. The number of para-hydroxylation sites is 1. The maximum absolute atomic E-state index is 12.5. The fourth-order valence-electron chi connectivity index (χ4n) is 2.82. The molecule has 0 saturated carbocycles. The number of carbonyl (C=O) groups is 1. The number of ether oxygens (including phenoxy) is 1. The number of amides is 1. The molecule has 0 aliphatic carbocycles. The Kier molecular flexibility index (Phi) is 5.86. The third kappa shape index (κ3) is 4.53. The van der Waals surface area contributed by atoms with Crippen molar-refractivity contribution in [3.63, 3.8) is 0 Å². The summed E-state index contributed by atoms with van der Waals surface area (Å²) in [6, 6.07) is 14.8. The molecule has 6 heteroatoms. The van der Waals surface area contributed by atoms with Gasteiger partial charge in [0.25, 0.3) is 11.5 Å². The second-order valence-corrected chi connectivity index (χ2v) is 6.22. The number of hydrogen-bond acceptors (Lipinski definition) is 4. The number of benzene rings is 2. The summed E-state index contributed by atoms with van der Waals surface area (Å²) in [5, 5.41) is 0.537. The second-order valence-electron chi connectivity index (χ2n) is 6.22. The van der Waals surface area contributed by atoms with Crippen LogP contribution in [0, 0.1) is 0 Å². The normalized spacial score (nSPS) is 10.7. The van der Waals surface area contributed by atoms with E-state index in [0.29, 0.717) is 29.0 Å². The van der Waals surface area contributed by atoms with Crippen molar-refractivity contribution in [2.24, 2.45) is 0 Å². The highest BCUT2D eigenvalue weighted by molar-refractivity contribution is 5.78. The molecule has 0 atom stereocenters. The molecule has 0 saturated heterocycles. The van der Waals surface area contributed by atoms with Crippen LogP contribution in [-0.2, 0) is 17.8 Å². The second kappa shape index (κ2) is 8.49. The Hall–Kier alpha value is -3.15. The van der Waals surface area contributed by atoms with Crippen LogP contribution in [0.4, 0.5) is 0 Å². The molecule has 0 bridgehead atoms. The van der Waals surface area contributed by atoms with Gasteiger partial charge in [0.2, 0.25) is 0 Å². The van der Waals surface area contributed by atoms with E-state index in [4.69, 9.17) is 4.74 Å². The number of carbonyl (C=O) groups excluding carboxylic acids is 1. The summed E-state index contributed by atoms with van der Waals surface area (Å²) in [6.07, 6.45) is 0.958. The van der Waals surface area contributed by atoms with Crippen LogP contribution >= 0.6 is 0 Å². The number of hydrogen-bond donors (Lipinski definition) is 1. The van der Waals surface area contributed by atoms with Crippen LogP contribution in [0.2, 0.25) is 0 Å². The Balaban J connectivity index is 1.67. The van der Waals surface area contributed by atoms with E-state index >= 15 is 0 Å². The molecule has 140 valence electrons. The highest BCUT2D eigenvalue weighted by Crippen LogP contribution is 2.13. The smallest absolute Gasteiger partial charge is 0.260 e. The summed E-state index contributed by atoms with van der Waals surface area (Å²) < 4.78 is 5.60. The standard InChI is InChI=1S/C21H23N3O3/c1-3-15-9-11-16(12-10-15)27-14-20(25)24(4-2)13-19-22-18-8-6-5-7-17(18)21(26)23-19/h5-12H,3-4,13-14H2,1-2H3,(H,22,23,26).